The second kappa shape index (κ2) is 6.71. The maximum atomic E-state index is 5.63. The van der Waals surface area contributed by atoms with Crippen LogP contribution in [0.1, 0.15) is 43.5 Å². The van der Waals surface area contributed by atoms with Crippen LogP contribution in [0, 0.1) is 17.4 Å². The summed E-state index contributed by atoms with van der Waals surface area (Å²) in [6.07, 6.45) is 3.81. The Hall–Kier alpha value is -3.12. The Balaban J connectivity index is 1.42. The molecule has 6 rings (SSSR count). The Kier molecular flexibility index (Phi) is 3.96. The molecule has 1 saturated heterocycles. The number of piperidine rings is 1. The highest BCUT2D eigenvalue weighted by Crippen LogP contribution is 2.29. The Morgan fingerprint density at radius 2 is 1.83 bits per heavy atom. The third-order valence-electron chi connectivity index (χ3n) is 6.40. The van der Waals surface area contributed by atoms with Gasteiger partial charge in [0.1, 0.15) is 5.71 Å². The zero-order chi connectivity index (χ0) is 20.2. The van der Waals surface area contributed by atoms with Gasteiger partial charge in [0, 0.05) is 15.7 Å². The van der Waals surface area contributed by atoms with Gasteiger partial charge in [-0.25, -0.2) is 9.98 Å². The molecule has 0 aliphatic carbocycles. The van der Waals surface area contributed by atoms with Crippen molar-refractivity contribution in [3.63, 3.8) is 0 Å². The van der Waals surface area contributed by atoms with Crippen LogP contribution in [0.4, 0.5) is 11.4 Å². The fourth-order valence-corrected chi connectivity index (χ4v) is 4.88. The van der Waals surface area contributed by atoms with E-state index in [4.69, 9.17) is 14.5 Å². The third kappa shape index (κ3) is 2.67. The van der Waals surface area contributed by atoms with Crippen LogP contribution in [0.3, 0.4) is 0 Å². The molecule has 0 spiro atoms. The van der Waals surface area contributed by atoms with Crippen molar-refractivity contribution >= 4 is 22.7 Å². The summed E-state index contributed by atoms with van der Waals surface area (Å²) in [6, 6.07) is 10.4. The zero-order valence-corrected chi connectivity index (χ0v) is 17.3. The molecule has 6 heteroatoms. The molecular formula is C24H23N5O. The number of aliphatic imine (C=N–C) groups is 1. The van der Waals surface area contributed by atoms with Gasteiger partial charge >= 0.3 is 0 Å². The molecule has 3 aliphatic rings. The van der Waals surface area contributed by atoms with Gasteiger partial charge < -0.3 is 4.52 Å². The summed E-state index contributed by atoms with van der Waals surface area (Å²) in [5, 5.41) is 8.71. The average molecular weight is 397 g/mol. The average Bonchev–Trinajstić information content (AvgIpc) is 3.45. The molecule has 0 N–H and O–H groups in total. The van der Waals surface area contributed by atoms with Gasteiger partial charge in [0.25, 0.3) is 5.89 Å². The highest BCUT2D eigenvalue weighted by atomic mass is 16.5. The molecule has 4 heterocycles. The van der Waals surface area contributed by atoms with Crippen molar-refractivity contribution in [2.75, 3.05) is 13.1 Å². The first-order chi connectivity index (χ1) is 14.7. The number of benzene rings is 2. The number of nitrogens with zero attached hydrogens (tertiary/aromatic N) is 5. The predicted molar refractivity (Wildman–Crippen MR) is 114 cm³/mol. The molecule has 150 valence electrons. The molecule has 30 heavy (non-hydrogen) atoms. The number of hydrogen-bond acceptors (Lipinski definition) is 6. The summed E-state index contributed by atoms with van der Waals surface area (Å²) in [5.41, 5.74) is 5.01. The lowest BCUT2D eigenvalue weighted by Crippen LogP contribution is -2.29. The summed E-state index contributed by atoms with van der Waals surface area (Å²) < 4.78 is 5.63. The quantitative estimate of drug-likeness (QED) is 0.532. The van der Waals surface area contributed by atoms with E-state index in [1.165, 1.54) is 24.5 Å². The first-order valence-corrected chi connectivity index (χ1v) is 10.7. The lowest BCUT2D eigenvalue weighted by atomic mass is 10.0. The van der Waals surface area contributed by atoms with Crippen molar-refractivity contribution in [3.05, 3.63) is 68.6 Å². The summed E-state index contributed by atoms with van der Waals surface area (Å²) >= 11 is 0. The fraction of sp³-hybridized carbons (Fsp3) is 0.333. The molecule has 2 aromatic carbocycles. The molecule has 0 unspecified atom stereocenters. The van der Waals surface area contributed by atoms with Crippen molar-refractivity contribution in [1.29, 1.82) is 0 Å². The summed E-state index contributed by atoms with van der Waals surface area (Å²) in [4.78, 5) is 16.8. The van der Waals surface area contributed by atoms with E-state index in [1.54, 1.807) is 0 Å². The van der Waals surface area contributed by atoms with E-state index in [-0.39, 0.29) is 0 Å². The largest absolute Gasteiger partial charge is 0.332 e. The van der Waals surface area contributed by atoms with Crippen molar-refractivity contribution in [1.82, 2.24) is 15.0 Å². The summed E-state index contributed by atoms with van der Waals surface area (Å²) in [5.74, 6) is 1.24. The van der Waals surface area contributed by atoms with Crippen LogP contribution in [-0.2, 0) is 6.54 Å². The maximum Gasteiger partial charge on any atom is 0.276 e. The van der Waals surface area contributed by atoms with E-state index in [0.717, 1.165) is 69.5 Å². The van der Waals surface area contributed by atoms with Crippen molar-refractivity contribution in [2.24, 2.45) is 9.98 Å². The van der Waals surface area contributed by atoms with E-state index in [2.05, 4.69) is 53.2 Å². The van der Waals surface area contributed by atoms with Crippen LogP contribution in [0.5, 0.6) is 0 Å². The van der Waals surface area contributed by atoms with Crippen molar-refractivity contribution in [3.8, 4) is 0 Å². The van der Waals surface area contributed by atoms with Gasteiger partial charge in [-0.1, -0.05) is 29.8 Å². The maximum absolute atomic E-state index is 5.63. The topological polar surface area (TPSA) is 66.9 Å². The second-order valence-electron chi connectivity index (χ2n) is 8.36. The molecule has 1 fully saturated rings. The molecule has 3 aliphatic heterocycles. The number of para-hydroxylation sites is 1. The number of hydrogen-bond donors (Lipinski definition) is 0. The van der Waals surface area contributed by atoms with Crippen molar-refractivity contribution in [2.45, 2.75) is 39.7 Å². The normalized spacial score (nSPS) is 17.4. The zero-order valence-electron chi connectivity index (χ0n) is 17.3. The molecule has 1 aromatic heterocycles. The standard InChI is InChI=1S/C24H23N5O/c1-14-21-15(2)23(24-27-20(28-30-24)13-29-10-6-3-7-11-29)26-19(21)12-17-16-8-4-5-9-18(16)25-22(14)17/h4-5,8-9,12H,3,6-7,10-11,13H2,1-2H3. The van der Waals surface area contributed by atoms with Crippen LogP contribution in [0.2, 0.25) is 0 Å². The first kappa shape index (κ1) is 17.7. The number of likely N-dealkylation sites (tertiary alicyclic amines) is 1. The third-order valence-corrected chi connectivity index (χ3v) is 6.40. The van der Waals surface area contributed by atoms with Crippen LogP contribution in [-0.4, -0.2) is 33.8 Å². The van der Waals surface area contributed by atoms with Gasteiger partial charge in [-0.15, -0.1) is 0 Å². The molecular weight excluding hydrogens is 374 g/mol. The van der Waals surface area contributed by atoms with E-state index >= 15 is 0 Å². The number of rotatable bonds is 3. The minimum absolute atomic E-state index is 0.507. The van der Waals surface area contributed by atoms with Crippen LogP contribution >= 0.6 is 0 Å². The van der Waals surface area contributed by atoms with Gasteiger partial charge in [-0.2, -0.15) is 4.98 Å². The number of aromatic nitrogens is 2. The lowest BCUT2D eigenvalue weighted by molar-refractivity contribution is 0.213. The van der Waals surface area contributed by atoms with E-state index < -0.39 is 0 Å². The minimum atomic E-state index is 0.507. The van der Waals surface area contributed by atoms with E-state index in [1.807, 2.05) is 6.07 Å². The predicted octanol–water partition coefficient (Wildman–Crippen LogP) is 3.22. The first-order valence-electron chi connectivity index (χ1n) is 10.7. The van der Waals surface area contributed by atoms with Crippen LogP contribution in [0.25, 0.3) is 5.57 Å². The van der Waals surface area contributed by atoms with Gasteiger partial charge in [0.05, 0.1) is 23.3 Å². The molecule has 3 aromatic rings. The summed E-state index contributed by atoms with van der Waals surface area (Å²) in [7, 11) is 0. The Morgan fingerprint density at radius 1 is 1.00 bits per heavy atom. The highest BCUT2D eigenvalue weighted by molar-refractivity contribution is 6.28. The van der Waals surface area contributed by atoms with Gasteiger partial charge in [-0.3, -0.25) is 4.90 Å². The monoisotopic (exact) mass is 397 g/mol. The minimum Gasteiger partial charge on any atom is -0.332 e. The van der Waals surface area contributed by atoms with E-state index in [0.29, 0.717) is 5.89 Å². The number of fused-ring (bicyclic) bond motifs is 3. The molecule has 0 saturated carbocycles. The second-order valence-corrected chi connectivity index (χ2v) is 8.36. The molecule has 0 atom stereocenters. The van der Waals surface area contributed by atoms with Gasteiger partial charge in [-0.05, 0) is 63.0 Å². The molecule has 0 bridgehead atoms. The molecule has 0 radical (unpaired) electrons. The van der Waals surface area contributed by atoms with Crippen LogP contribution in [0.15, 0.2) is 44.8 Å². The van der Waals surface area contributed by atoms with Crippen LogP contribution < -0.4 is 10.6 Å². The summed E-state index contributed by atoms with van der Waals surface area (Å²) in [6.45, 7) is 7.17. The SMILES string of the molecule is CC1=c2c(cc3c(c2C)N=c2ccccc2=3)N=C1c1nc(CN2CCCCC2)no1. The molecule has 6 nitrogen and oxygen atoms in total. The lowest BCUT2D eigenvalue weighted by Gasteiger charge is -2.24. The smallest absolute Gasteiger partial charge is 0.276 e. The molecule has 0 amide bonds. The Morgan fingerprint density at radius 3 is 2.70 bits per heavy atom. The Labute approximate surface area is 174 Å². The van der Waals surface area contributed by atoms with Crippen molar-refractivity contribution < 1.29 is 4.52 Å². The fourth-order valence-electron chi connectivity index (χ4n) is 4.88. The van der Waals surface area contributed by atoms with E-state index in [9.17, 15) is 0 Å². The van der Waals surface area contributed by atoms with Gasteiger partial charge in [0.2, 0.25) is 0 Å². The van der Waals surface area contributed by atoms with Gasteiger partial charge in [0.15, 0.2) is 5.82 Å². The Bertz CT molecular complexity index is 1430. The highest BCUT2D eigenvalue weighted by Gasteiger charge is 2.24.